The molecule has 0 spiro atoms. The number of nitrogens with one attached hydrogen (secondary N) is 1. The molecular formula is C37H51N5O. The summed E-state index contributed by atoms with van der Waals surface area (Å²) < 4.78 is 0. The van der Waals surface area contributed by atoms with Gasteiger partial charge in [0.1, 0.15) is 11.7 Å². The average Bonchev–Trinajstić information content (AvgIpc) is 3.86. The molecule has 5 aliphatic rings. The molecule has 1 amide bonds. The number of hydrogen-bond acceptors (Lipinski definition) is 5. The van der Waals surface area contributed by atoms with E-state index in [9.17, 15) is 4.79 Å². The van der Waals surface area contributed by atoms with E-state index in [4.69, 9.17) is 10.7 Å². The molecule has 6 nitrogen and oxygen atoms in total. The lowest BCUT2D eigenvalue weighted by Crippen LogP contribution is -2.49. The largest absolute Gasteiger partial charge is 0.387 e. The molecule has 6 heteroatoms. The minimum atomic E-state index is -0.180. The molecule has 1 aromatic carbocycles. The van der Waals surface area contributed by atoms with Crippen LogP contribution in [0.25, 0.3) is 0 Å². The van der Waals surface area contributed by atoms with Gasteiger partial charge in [0, 0.05) is 42.5 Å². The fraction of sp³-hybridized carbons (Fsp3) is 0.514. The van der Waals surface area contributed by atoms with Crippen LogP contribution in [-0.4, -0.2) is 42.3 Å². The summed E-state index contributed by atoms with van der Waals surface area (Å²) in [6, 6.07) is 9.27. The molecular weight excluding hydrogens is 530 g/mol. The van der Waals surface area contributed by atoms with Crippen molar-refractivity contribution in [1.29, 1.82) is 0 Å². The van der Waals surface area contributed by atoms with Crippen molar-refractivity contribution in [3.8, 4) is 0 Å². The molecule has 230 valence electrons. The van der Waals surface area contributed by atoms with E-state index in [1.165, 1.54) is 29.7 Å². The summed E-state index contributed by atoms with van der Waals surface area (Å²) in [6.45, 7) is 13.1. The predicted octanol–water partition coefficient (Wildman–Crippen LogP) is 7.20. The lowest BCUT2D eigenvalue weighted by molar-refractivity contribution is -0.130. The van der Waals surface area contributed by atoms with E-state index in [0.717, 1.165) is 61.8 Å². The van der Waals surface area contributed by atoms with Crippen molar-refractivity contribution in [2.24, 2.45) is 28.5 Å². The second-order valence-electron chi connectivity index (χ2n) is 12.5. The van der Waals surface area contributed by atoms with Gasteiger partial charge in [0.2, 0.25) is 5.91 Å². The molecule has 1 saturated carbocycles. The highest BCUT2D eigenvalue weighted by molar-refractivity contribution is 5.93. The summed E-state index contributed by atoms with van der Waals surface area (Å²) >= 11 is 0. The van der Waals surface area contributed by atoms with Crippen LogP contribution in [0.15, 0.2) is 88.4 Å². The average molecular weight is 582 g/mol. The molecule has 43 heavy (non-hydrogen) atoms. The fourth-order valence-corrected chi connectivity index (χ4v) is 6.97. The summed E-state index contributed by atoms with van der Waals surface area (Å²) in [6.07, 6.45) is 19.3. The van der Waals surface area contributed by atoms with Crippen LogP contribution in [0.1, 0.15) is 84.6 Å². The summed E-state index contributed by atoms with van der Waals surface area (Å²) in [7, 11) is 0. The maximum Gasteiger partial charge on any atom is 0.235 e. The number of rotatable bonds is 8. The van der Waals surface area contributed by atoms with Crippen LogP contribution < -0.4 is 16.0 Å². The Kier molecular flexibility index (Phi) is 9.94. The van der Waals surface area contributed by atoms with Gasteiger partial charge in [-0.3, -0.25) is 9.69 Å². The van der Waals surface area contributed by atoms with Crippen LogP contribution >= 0.6 is 0 Å². The van der Waals surface area contributed by atoms with Crippen LogP contribution in [0.4, 0.5) is 5.69 Å². The second-order valence-corrected chi connectivity index (χ2v) is 12.5. The lowest BCUT2D eigenvalue weighted by atomic mass is 9.80. The molecule has 0 bridgehead atoms. The summed E-state index contributed by atoms with van der Waals surface area (Å²) in [5, 5.41) is 3.75. The Morgan fingerprint density at radius 2 is 1.79 bits per heavy atom. The number of fused-ring (bicyclic) bond motifs is 2. The predicted molar refractivity (Wildman–Crippen MR) is 180 cm³/mol. The number of aliphatic imine (C=N–C) groups is 1. The van der Waals surface area contributed by atoms with E-state index in [-0.39, 0.29) is 23.8 Å². The van der Waals surface area contributed by atoms with Gasteiger partial charge in [0.25, 0.3) is 0 Å². The SMILES string of the molecule is C/C=C/C=C\C=C(/C)C1=CCC2C(N)=NC3=C(C(C)C(=O)N3CCC3CCN(c4ccc(C5CC5)cc4)CC3)C2N1.CC. The summed E-state index contributed by atoms with van der Waals surface area (Å²) in [5.41, 5.74) is 12.8. The number of amidine groups is 1. The van der Waals surface area contributed by atoms with Crippen molar-refractivity contribution < 1.29 is 4.79 Å². The third kappa shape index (κ3) is 6.68. The number of hydrogen-bond donors (Lipinski definition) is 2. The molecule has 1 aromatic rings. The molecule has 0 aromatic heterocycles. The first-order chi connectivity index (χ1) is 20.9. The fourth-order valence-electron chi connectivity index (χ4n) is 6.97. The first kappa shape index (κ1) is 30.9. The molecule has 4 aliphatic heterocycles. The normalized spacial score (nSPS) is 26.2. The number of allylic oxidation sites excluding steroid dienone is 7. The highest BCUT2D eigenvalue weighted by Crippen LogP contribution is 2.42. The maximum atomic E-state index is 13.6. The number of piperidine rings is 1. The topological polar surface area (TPSA) is 74.0 Å². The van der Waals surface area contributed by atoms with Crippen LogP contribution in [0.3, 0.4) is 0 Å². The van der Waals surface area contributed by atoms with Crippen molar-refractivity contribution in [2.45, 2.75) is 85.1 Å². The minimum Gasteiger partial charge on any atom is -0.387 e. The monoisotopic (exact) mass is 581 g/mol. The van der Waals surface area contributed by atoms with E-state index < -0.39 is 0 Å². The van der Waals surface area contributed by atoms with Crippen LogP contribution in [0.2, 0.25) is 0 Å². The summed E-state index contributed by atoms with van der Waals surface area (Å²) in [5.74, 6) is 2.94. The molecule has 6 rings (SSSR count). The Hall–Kier alpha value is -3.54. The number of nitrogens with two attached hydrogens (primary N) is 1. The van der Waals surface area contributed by atoms with Crippen LogP contribution in [0.5, 0.6) is 0 Å². The molecule has 3 N–H and O–H groups in total. The van der Waals surface area contributed by atoms with Gasteiger partial charge >= 0.3 is 0 Å². The Labute approximate surface area is 259 Å². The molecule has 1 aliphatic carbocycles. The zero-order chi connectivity index (χ0) is 30.5. The number of anilines is 1. The number of nitrogens with zero attached hydrogens (tertiary/aromatic N) is 3. The van der Waals surface area contributed by atoms with Crippen molar-refractivity contribution in [1.82, 2.24) is 10.2 Å². The number of carbonyl (C=O) groups is 1. The Bertz CT molecular complexity index is 1340. The van der Waals surface area contributed by atoms with E-state index >= 15 is 0 Å². The zero-order valence-corrected chi connectivity index (χ0v) is 26.9. The summed E-state index contributed by atoms with van der Waals surface area (Å²) in [4.78, 5) is 22.9. The molecule has 0 radical (unpaired) electrons. The van der Waals surface area contributed by atoms with E-state index in [0.29, 0.717) is 18.3 Å². The third-order valence-electron chi connectivity index (χ3n) is 9.72. The van der Waals surface area contributed by atoms with Crippen molar-refractivity contribution in [2.75, 3.05) is 24.5 Å². The van der Waals surface area contributed by atoms with Crippen molar-refractivity contribution >= 4 is 17.4 Å². The Morgan fingerprint density at radius 3 is 2.47 bits per heavy atom. The van der Waals surface area contributed by atoms with Gasteiger partial charge in [0.05, 0.1) is 12.0 Å². The first-order valence-corrected chi connectivity index (χ1v) is 16.6. The quantitative estimate of drug-likeness (QED) is 0.319. The standard InChI is InChI=1S/C35H45N5O.C2H6/c1-4-5-6-7-8-23(2)30-16-15-29-32(37-30)31-24(3)35(41)40(34(31)38-33(29)36)22-19-25-17-20-39(21-18-25)28-13-11-27(12-14-28)26-9-10-26;1-2/h4-8,11-14,16,24-26,29,32,37H,9-10,15,17-22H2,1-3H3,(H2,36,38);1-2H3/b5-4+,7-6-,23-8+;. The zero-order valence-electron chi connectivity index (χ0n) is 26.9. The Morgan fingerprint density at radius 1 is 1.07 bits per heavy atom. The van der Waals surface area contributed by atoms with Crippen LogP contribution in [-0.2, 0) is 4.79 Å². The molecule has 3 unspecified atom stereocenters. The van der Waals surface area contributed by atoms with E-state index in [1.807, 2.05) is 50.8 Å². The highest BCUT2D eigenvalue weighted by atomic mass is 16.2. The van der Waals surface area contributed by atoms with E-state index in [2.05, 4.69) is 59.6 Å². The lowest BCUT2D eigenvalue weighted by Gasteiger charge is -2.38. The number of amides is 1. The van der Waals surface area contributed by atoms with Gasteiger partial charge in [-0.05, 0) is 94.4 Å². The van der Waals surface area contributed by atoms with Gasteiger partial charge in [-0.25, -0.2) is 4.99 Å². The highest BCUT2D eigenvalue weighted by Gasteiger charge is 2.47. The van der Waals surface area contributed by atoms with Gasteiger partial charge in [-0.15, -0.1) is 0 Å². The maximum absolute atomic E-state index is 13.6. The van der Waals surface area contributed by atoms with Gasteiger partial charge in [-0.2, -0.15) is 0 Å². The number of benzene rings is 1. The molecule has 4 heterocycles. The van der Waals surface area contributed by atoms with Crippen LogP contribution in [0, 0.1) is 17.8 Å². The first-order valence-electron chi connectivity index (χ1n) is 16.6. The smallest absolute Gasteiger partial charge is 0.235 e. The molecule has 1 saturated heterocycles. The van der Waals surface area contributed by atoms with E-state index in [1.54, 1.807) is 0 Å². The second kappa shape index (κ2) is 13.8. The minimum absolute atomic E-state index is 0.00357. The molecule has 2 fully saturated rings. The molecule has 3 atom stereocenters. The Balaban J connectivity index is 0.00000180. The van der Waals surface area contributed by atoms with Gasteiger partial charge < -0.3 is 16.0 Å². The number of carbonyl (C=O) groups excluding carboxylic acids is 1. The van der Waals surface area contributed by atoms with Gasteiger partial charge in [-0.1, -0.05) is 62.4 Å². The van der Waals surface area contributed by atoms with Crippen molar-refractivity contribution in [3.05, 3.63) is 88.9 Å². The van der Waals surface area contributed by atoms with Crippen molar-refractivity contribution in [3.63, 3.8) is 0 Å². The third-order valence-corrected chi connectivity index (χ3v) is 9.72. The van der Waals surface area contributed by atoms with Gasteiger partial charge in [0.15, 0.2) is 0 Å².